The zero-order valence-electron chi connectivity index (χ0n) is 11.6. The molecule has 0 aliphatic rings. The molecule has 21 heavy (non-hydrogen) atoms. The van der Waals surface area contributed by atoms with Gasteiger partial charge >= 0.3 is 5.97 Å². The second-order valence-corrected chi connectivity index (χ2v) is 6.69. The summed E-state index contributed by atoms with van der Waals surface area (Å²) in [6, 6.07) is 3.12. The van der Waals surface area contributed by atoms with Crippen molar-refractivity contribution in [1.82, 2.24) is 15.0 Å². The summed E-state index contributed by atoms with van der Waals surface area (Å²) in [5, 5.41) is 7.63. The number of methoxy groups -OCH3 is 1. The highest BCUT2D eigenvalue weighted by atomic mass is 32.2. The van der Waals surface area contributed by atoms with Gasteiger partial charge < -0.3 is 9.15 Å². The van der Waals surface area contributed by atoms with Crippen molar-refractivity contribution in [3.8, 4) is 0 Å². The van der Waals surface area contributed by atoms with E-state index < -0.39 is 15.8 Å². The number of aromatic nitrogens is 3. The third-order valence-electron chi connectivity index (χ3n) is 2.76. The normalized spacial score (nSPS) is 11.5. The molecule has 0 bridgehead atoms. The third-order valence-corrected chi connectivity index (χ3v) is 4.38. The van der Waals surface area contributed by atoms with Crippen LogP contribution in [0.2, 0.25) is 0 Å². The number of furan rings is 1. The molecule has 0 atom stereocenters. The molecule has 0 radical (unpaired) electrons. The number of carbonyl (C=O) groups is 1. The van der Waals surface area contributed by atoms with Gasteiger partial charge in [0.2, 0.25) is 5.76 Å². The summed E-state index contributed by atoms with van der Waals surface area (Å²) in [4.78, 5) is 11.3. The van der Waals surface area contributed by atoms with Crippen molar-refractivity contribution in [1.29, 1.82) is 0 Å². The number of sulfone groups is 1. The van der Waals surface area contributed by atoms with E-state index in [4.69, 9.17) is 4.42 Å². The highest BCUT2D eigenvalue weighted by Crippen LogP contribution is 2.11. The quantitative estimate of drug-likeness (QED) is 0.721. The lowest BCUT2D eigenvalue weighted by Gasteiger charge is -1.97. The van der Waals surface area contributed by atoms with Crippen LogP contribution in [-0.4, -0.2) is 42.2 Å². The van der Waals surface area contributed by atoms with E-state index in [1.165, 1.54) is 24.1 Å². The minimum atomic E-state index is -3.14. The van der Waals surface area contributed by atoms with Crippen molar-refractivity contribution in [2.45, 2.75) is 19.2 Å². The maximum Gasteiger partial charge on any atom is 0.373 e. The predicted octanol–water partition coefficient (Wildman–Crippen LogP) is 0.641. The lowest BCUT2D eigenvalue weighted by molar-refractivity contribution is 0.0562. The molecule has 0 fully saturated rings. The smallest absolute Gasteiger partial charge is 0.373 e. The first-order valence-corrected chi connectivity index (χ1v) is 8.02. The van der Waals surface area contributed by atoms with Gasteiger partial charge in [-0.25, -0.2) is 17.9 Å². The maximum atomic E-state index is 11.5. The SMILES string of the molecule is CCS(=O)(=O)Cc1cn(Cc2ccc(C(=O)OC)o2)nn1. The Bertz CT molecular complexity index is 732. The van der Waals surface area contributed by atoms with E-state index in [2.05, 4.69) is 15.0 Å². The summed E-state index contributed by atoms with van der Waals surface area (Å²) in [5.74, 6) is -0.0588. The molecule has 0 spiro atoms. The Kier molecular flexibility index (Phi) is 4.41. The first kappa shape index (κ1) is 15.2. The van der Waals surface area contributed by atoms with Gasteiger partial charge in [-0.3, -0.25) is 0 Å². The largest absolute Gasteiger partial charge is 0.463 e. The Hall–Kier alpha value is -2.16. The molecule has 114 valence electrons. The van der Waals surface area contributed by atoms with E-state index in [1.54, 1.807) is 13.0 Å². The number of rotatable bonds is 6. The molecule has 0 aromatic carbocycles. The van der Waals surface area contributed by atoms with Gasteiger partial charge in [0, 0.05) is 11.9 Å². The lowest BCUT2D eigenvalue weighted by Crippen LogP contribution is -2.06. The zero-order valence-corrected chi connectivity index (χ0v) is 12.5. The second-order valence-electron chi connectivity index (χ2n) is 4.34. The van der Waals surface area contributed by atoms with Crippen LogP contribution in [0.25, 0.3) is 0 Å². The highest BCUT2D eigenvalue weighted by molar-refractivity contribution is 7.90. The summed E-state index contributed by atoms with van der Waals surface area (Å²) in [5.41, 5.74) is 0.372. The van der Waals surface area contributed by atoms with Crippen molar-refractivity contribution in [2.24, 2.45) is 0 Å². The van der Waals surface area contributed by atoms with Crippen LogP contribution in [0.5, 0.6) is 0 Å². The van der Waals surface area contributed by atoms with E-state index in [0.29, 0.717) is 11.5 Å². The average Bonchev–Trinajstić information content (AvgIpc) is 3.08. The topological polar surface area (TPSA) is 104 Å². The monoisotopic (exact) mass is 313 g/mol. The molecule has 2 aromatic heterocycles. The molecule has 0 saturated carbocycles. The van der Waals surface area contributed by atoms with Crippen molar-refractivity contribution >= 4 is 15.8 Å². The number of nitrogens with zero attached hydrogens (tertiary/aromatic N) is 3. The molecular weight excluding hydrogens is 298 g/mol. The number of hydrogen-bond acceptors (Lipinski definition) is 7. The summed E-state index contributed by atoms with van der Waals surface area (Å²) in [6.07, 6.45) is 1.54. The van der Waals surface area contributed by atoms with Crippen LogP contribution in [0, 0.1) is 0 Å². The Balaban J connectivity index is 2.06. The molecule has 2 heterocycles. The van der Waals surface area contributed by atoms with Gasteiger partial charge in [0.15, 0.2) is 9.84 Å². The highest BCUT2D eigenvalue weighted by Gasteiger charge is 2.14. The zero-order chi connectivity index (χ0) is 15.5. The Morgan fingerprint density at radius 3 is 2.86 bits per heavy atom. The Morgan fingerprint density at radius 1 is 1.43 bits per heavy atom. The van der Waals surface area contributed by atoms with Crippen molar-refractivity contribution in [2.75, 3.05) is 12.9 Å². The fourth-order valence-electron chi connectivity index (χ4n) is 1.64. The third kappa shape index (κ3) is 3.91. The molecule has 0 aliphatic carbocycles. The van der Waals surface area contributed by atoms with Gasteiger partial charge in [0.05, 0.1) is 18.6 Å². The van der Waals surface area contributed by atoms with Gasteiger partial charge in [0.25, 0.3) is 0 Å². The van der Waals surface area contributed by atoms with Crippen LogP contribution in [0.1, 0.15) is 28.9 Å². The molecular formula is C12H15N3O5S. The Labute approximate surface area is 121 Å². The summed E-state index contributed by atoms with van der Waals surface area (Å²) in [6.45, 7) is 1.83. The fourth-order valence-corrected chi connectivity index (χ4v) is 2.43. The van der Waals surface area contributed by atoms with E-state index in [1.807, 2.05) is 0 Å². The minimum absolute atomic E-state index is 0.0561. The Morgan fingerprint density at radius 2 is 2.19 bits per heavy atom. The maximum absolute atomic E-state index is 11.5. The summed E-state index contributed by atoms with van der Waals surface area (Å²) < 4.78 is 34.3. The average molecular weight is 313 g/mol. The van der Waals surface area contributed by atoms with Crippen LogP contribution in [-0.2, 0) is 26.9 Å². The van der Waals surface area contributed by atoms with Crippen LogP contribution < -0.4 is 0 Å². The van der Waals surface area contributed by atoms with E-state index in [0.717, 1.165) is 0 Å². The van der Waals surface area contributed by atoms with Crippen molar-refractivity contribution < 1.29 is 22.4 Å². The van der Waals surface area contributed by atoms with Crippen LogP contribution >= 0.6 is 0 Å². The van der Waals surface area contributed by atoms with Crippen LogP contribution in [0.15, 0.2) is 22.7 Å². The molecule has 0 saturated heterocycles. The number of esters is 1. The van der Waals surface area contributed by atoms with Gasteiger partial charge in [-0.05, 0) is 12.1 Å². The van der Waals surface area contributed by atoms with E-state index in [9.17, 15) is 13.2 Å². The minimum Gasteiger partial charge on any atom is -0.463 e. The van der Waals surface area contributed by atoms with Gasteiger partial charge in [-0.1, -0.05) is 12.1 Å². The molecule has 2 aromatic rings. The number of hydrogen-bond donors (Lipinski definition) is 0. The number of ether oxygens (including phenoxy) is 1. The molecule has 2 rings (SSSR count). The molecule has 0 aliphatic heterocycles. The molecule has 8 nitrogen and oxygen atoms in total. The summed E-state index contributed by atoms with van der Waals surface area (Å²) >= 11 is 0. The van der Waals surface area contributed by atoms with Gasteiger partial charge in [-0.15, -0.1) is 5.10 Å². The lowest BCUT2D eigenvalue weighted by atomic mass is 10.4. The standard InChI is InChI=1S/C12H15N3O5S/c1-3-21(17,18)8-9-6-15(14-13-9)7-10-4-5-11(20-10)12(16)19-2/h4-6H,3,7-8H2,1-2H3. The second kappa shape index (κ2) is 6.08. The van der Waals surface area contributed by atoms with Gasteiger partial charge in [0.1, 0.15) is 12.3 Å². The first-order chi connectivity index (χ1) is 9.93. The van der Waals surface area contributed by atoms with Crippen LogP contribution in [0.4, 0.5) is 0 Å². The molecule has 0 amide bonds. The van der Waals surface area contributed by atoms with E-state index >= 15 is 0 Å². The molecule has 0 N–H and O–H groups in total. The van der Waals surface area contributed by atoms with Gasteiger partial charge in [-0.2, -0.15) is 0 Å². The number of carbonyl (C=O) groups excluding carboxylic acids is 1. The van der Waals surface area contributed by atoms with Crippen LogP contribution in [0.3, 0.4) is 0 Å². The fraction of sp³-hybridized carbons (Fsp3) is 0.417. The van der Waals surface area contributed by atoms with Crippen molar-refractivity contribution in [3.05, 3.63) is 35.5 Å². The molecule has 9 heteroatoms. The first-order valence-electron chi connectivity index (χ1n) is 6.20. The van der Waals surface area contributed by atoms with E-state index in [-0.39, 0.29) is 23.8 Å². The van der Waals surface area contributed by atoms with Crippen molar-refractivity contribution in [3.63, 3.8) is 0 Å². The summed E-state index contributed by atoms with van der Waals surface area (Å²) in [7, 11) is -1.88. The molecule has 0 unspecified atom stereocenters. The predicted molar refractivity (Wildman–Crippen MR) is 72.3 cm³/mol.